The Hall–Kier alpha value is -1.86. The van der Waals surface area contributed by atoms with Gasteiger partial charge in [-0.25, -0.2) is 4.98 Å². The van der Waals surface area contributed by atoms with Gasteiger partial charge < -0.3 is 14.7 Å². The van der Waals surface area contributed by atoms with Crippen molar-refractivity contribution in [1.29, 1.82) is 0 Å². The molecule has 3 rings (SSSR count). The molecule has 0 spiro atoms. The number of nitrogens with one attached hydrogen (secondary N) is 1. The number of carbonyl (C=O) groups is 1. The zero-order chi connectivity index (χ0) is 17.1. The number of aromatic nitrogens is 2. The molecule has 24 heavy (non-hydrogen) atoms. The fourth-order valence-corrected chi connectivity index (χ4v) is 3.19. The zero-order valence-corrected chi connectivity index (χ0v) is 14.7. The van der Waals surface area contributed by atoms with Gasteiger partial charge in [-0.1, -0.05) is 6.82 Å². The summed E-state index contributed by atoms with van der Waals surface area (Å²) in [4.78, 5) is 21.3. The number of hydrogen-bond acceptors (Lipinski definition) is 4. The lowest BCUT2D eigenvalue weighted by Crippen LogP contribution is -2.45. The predicted molar refractivity (Wildman–Crippen MR) is 97.1 cm³/mol. The Bertz CT molecular complexity index is 706. The number of amides is 1. The van der Waals surface area contributed by atoms with Gasteiger partial charge in [-0.05, 0) is 58.2 Å². The average molecular weight is 326 g/mol. The first-order valence-electron chi connectivity index (χ1n) is 8.51. The third-order valence-corrected chi connectivity index (χ3v) is 4.55. The number of piperidine rings is 1. The van der Waals surface area contributed by atoms with Crippen molar-refractivity contribution in [2.75, 3.05) is 27.2 Å². The molecule has 1 aliphatic heterocycles. The van der Waals surface area contributed by atoms with Gasteiger partial charge in [0, 0.05) is 11.6 Å². The maximum atomic E-state index is 12.5. The number of rotatable bonds is 5. The Morgan fingerprint density at radius 2 is 2.12 bits per heavy atom. The zero-order valence-electron chi connectivity index (χ0n) is 14.7. The molecule has 1 saturated heterocycles. The summed E-state index contributed by atoms with van der Waals surface area (Å²) < 4.78 is 2.08. The highest BCUT2D eigenvalue weighted by Gasteiger charge is 2.20. The van der Waals surface area contributed by atoms with E-state index in [0.29, 0.717) is 5.56 Å². The molecule has 2 heterocycles. The SMILES string of the molecule is C[B]N1CCC(NC(=O)c2ccc3c(c2)ncn3CN(C)C)CC1. The van der Waals surface area contributed by atoms with Gasteiger partial charge in [0.2, 0.25) is 7.41 Å². The highest BCUT2D eigenvalue weighted by molar-refractivity contribution is 6.29. The molecule has 1 aromatic carbocycles. The molecule has 2 aromatic rings. The standard InChI is InChI=1S/C17H25BN5O/c1-18-23-8-6-14(7-9-23)20-17(24)13-4-5-16-15(10-13)19-11-22(16)12-21(2)3/h4-5,10-11,14H,6-9,12H2,1-3H3,(H,20,24). The number of nitrogens with zero attached hydrogens (tertiary/aromatic N) is 4. The Morgan fingerprint density at radius 1 is 1.38 bits per heavy atom. The summed E-state index contributed by atoms with van der Waals surface area (Å²) in [5, 5.41) is 3.16. The highest BCUT2D eigenvalue weighted by Crippen LogP contribution is 2.16. The first-order valence-corrected chi connectivity index (χ1v) is 8.51. The first kappa shape index (κ1) is 17.0. The quantitative estimate of drug-likeness (QED) is 0.845. The van der Waals surface area contributed by atoms with Gasteiger partial charge in [0.15, 0.2) is 0 Å². The summed E-state index contributed by atoms with van der Waals surface area (Å²) in [6.45, 7) is 4.85. The Morgan fingerprint density at radius 3 is 2.79 bits per heavy atom. The molecule has 0 aliphatic carbocycles. The van der Waals surface area contributed by atoms with Crippen LogP contribution >= 0.6 is 0 Å². The molecule has 0 saturated carbocycles. The summed E-state index contributed by atoms with van der Waals surface area (Å²) in [5.74, 6) is -0.00186. The van der Waals surface area contributed by atoms with Crippen LogP contribution in [0.15, 0.2) is 24.5 Å². The lowest BCUT2D eigenvalue weighted by atomic mass is 9.90. The van der Waals surface area contributed by atoms with Crippen molar-refractivity contribution < 1.29 is 4.79 Å². The van der Waals surface area contributed by atoms with E-state index in [2.05, 4.69) is 38.8 Å². The molecule has 0 atom stereocenters. The van der Waals surface area contributed by atoms with Crippen LogP contribution in [0.1, 0.15) is 23.2 Å². The molecule has 1 aliphatic rings. The Balaban J connectivity index is 1.67. The van der Waals surface area contributed by atoms with Gasteiger partial charge >= 0.3 is 0 Å². The smallest absolute Gasteiger partial charge is 0.251 e. The van der Waals surface area contributed by atoms with E-state index in [1.165, 1.54) is 0 Å². The normalized spacial score (nSPS) is 16.7. The molecular formula is C17H25BN5O. The lowest BCUT2D eigenvalue weighted by Gasteiger charge is -2.31. The van der Waals surface area contributed by atoms with E-state index in [1.807, 2.05) is 38.6 Å². The summed E-state index contributed by atoms with van der Waals surface area (Å²) in [6, 6.07) is 6.01. The highest BCUT2D eigenvalue weighted by atomic mass is 16.1. The molecule has 1 amide bonds. The van der Waals surface area contributed by atoms with Crippen LogP contribution in [-0.4, -0.2) is 65.8 Å². The number of carbonyl (C=O) groups excluding carboxylic acids is 1. The Kier molecular flexibility index (Phi) is 5.21. The van der Waals surface area contributed by atoms with Crippen LogP contribution in [0.2, 0.25) is 6.82 Å². The van der Waals surface area contributed by atoms with Crippen LogP contribution in [0.5, 0.6) is 0 Å². The van der Waals surface area contributed by atoms with Crippen LogP contribution < -0.4 is 5.32 Å². The molecule has 0 bridgehead atoms. The van der Waals surface area contributed by atoms with Gasteiger partial charge in [-0.15, -0.1) is 0 Å². The van der Waals surface area contributed by atoms with Crippen LogP contribution in [0.4, 0.5) is 0 Å². The fraction of sp³-hybridized carbons (Fsp3) is 0.529. The maximum absolute atomic E-state index is 12.5. The van der Waals surface area contributed by atoms with Crippen LogP contribution in [0.25, 0.3) is 11.0 Å². The lowest BCUT2D eigenvalue weighted by molar-refractivity contribution is 0.0923. The van der Waals surface area contributed by atoms with Crippen molar-refractivity contribution in [1.82, 2.24) is 24.6 Å². The van der Waals surface area contributed by atoms with Crippen molar-refractivity contribution in [2.45, 2.75) is 32.4 Å². The van der Waals surface area contributed by atoms with Crippen molar-refractivity contribution >= 4 is 24.4 Å². The third-order valence-electron chi connectivity index (χ3n) is 4.55. The first-order chi connectivity index (χ1) is 11.6. The minimum absolute atomic E-state index is 0.00186. The van der Waals surface area contributed by atoms with Crippen molar-refractivity contribution in [3.63, 3.8) is 0 Å². The second kappa shape index (κ2) is 7.36. The summed E-state index contributed by atoms with van der Waals surface area (Å²) >= 11 is 0. The monoisotopic (exact) mass is 326 g/mol. The van der Waals surface area contributed by atoms with Crippen molar-refractivity contribution in [3.8, 4) is 0 Å². The summed E-state index contributed by atoms with van der Waals surface area (Å²) in [7, 11) is 6.17. The maximum Gasteiger partial charge on any atom is 0.251 e. The van der Waals surface area contributed by atoms with Gasteiger partial charge in [-0.2, -0.15) is 0 Å². The molecule has 127 valence electrons. The third kappa shape index (κ3) is 3.79. The fourth-order valence-electron chi connectivity index (χ4n) is 3.19. The molecule has 1 fully saturated rings. The molecule has 7 heteroatoms. The van der Waals surface area contributed by atoms with Crippen LogP contribution in [-0.2, 0) is 6.67 Å². The minimum Gasteiger partial charge on any atom is -0.349 e. The molecule has 1 aromatic heterocycles. The van der Waals surface area contributed by atoms with Gasteiger partial charge in [0.25, 0.3) is 5.91 Å². The number of hydrogen-bond donors (Lipinski definition) is 1. The number of imidazole rings is 1. The average Bonchev–Trinajstić information content (AvgIpc) is 2.97. The van der Waals surface area contributed by atoms with E-state index in [9.17, 15) is 4.79 Å². The van der Waals surface area contributed by atoms with E-state index in [0.717, 1.165) is 43.6 Å². The van der Waals surface area contributed by atoms with Crippen LogP contribution in [0.3, 0.4) is 0 Å². The van der Waals surface area contributed by atoms with Gasteiger partial charge in [0.05, 0.1) is 24.0 Å². The van der Waals surface area contributed by atoms with Gasteiger partial charge in [0.1, 0.15) is 0 Å². The molecule has 6 nitrogen and oxygen atoms in total. The molecule has 1 N–H and O–H groups in total. The number of fused-ring (bicyclic) bond motifs is 1. The van der Waals surface area contributed by atoms with E-state index < -0.39 is 0 Å². The topological polar surface area (TPSA) is 53.4 Å². The second-order valence-electron chi connectivity index (χ2n) is 6.68. The van der Waals surface area contributed by atoms with Crippen LogP contribution in [0, 0.1) is 0 Å². The molecule has 1 radical (unpaired) electrons. The number of benzene rings is 1. The van der Waals surface area contributed by atoms with E-state index in [4.69, 9.17) is 0 Å². The summed E-state index contributed by atoms with van der Waals surface area (Å²) in [5.41, 5.74) is 2.59. The predicted octanol–water partition coefficient (Wildman–Crippen LogP) is 1.42. The van der Waals surface area contributed by atoms with E-state index >= 15 is 0 Å². The molecular weight excluding hydrogens is 301 g/mol. The van der Waals surface area contributed by atoms with Crippen molar-refractivity contribution in [3.05, 3.63) is 30.1 Å². The molecule has 0 unspecified atom stereocenters. The van der Waals surface area contributed by atoms with E-state index in [1.54, 1.807) is 0 Å². The Labute approximate surface area is 144 Å². The van der Waals surface area contributed by atoms with E-state index in [-0.39, 0.29) is 11.9 Å². The van der Waals surface area contributed by atoms with Gasteiger partial charge in [-0.3, -0.25) is 9.69 Å². The summed E-state index contributed by atoms with van der Waals surface area (Å²) in [6.07, 6.45) is 3.81. The second-order valence-corrected chi connectivity index (χ2v) is 6.68. The minimum atomic E-state index is -0.00186. The largest absolute Gasteiger partial charge is 0.349 e. The van der Waals surface area contributed by atoms with Crippen molar-refractivity contribution in [2.24, 2.45) is 0 Å².